The predicted molar refractivity (Wildman–Crippen MR) is 58.7 cm³/mol. The number of carbonyl (C=O) groups excluding carboxylic acids is 1. The highest BCUT2D eigenvalue weighted by Gasteiger charge is 2.27. The van der Waals surface area contributed by atoms with Crippen LogP contribution in [-0.4, -0.2) is 16.9 Å². The van der Waals surface area contributed by atoms with Gasteiger partial charge >= 0.3 is 0 Å². The lowest BCUT2D eigenvalue weighted by Crippen LogP contribution is -2.12. The van der Waals surface area contributed by atoms with Crippen LogP contribution >= 0.6 is 27.7 Å². The average molecular weight is 257 g/mol. The zero-order valence-corrected chi connectivity index (χ0v) is 9.40. The van der Waals surface area contributed by atoms with Crippen LogP contribution in [0.15, 0.2) is 29.2 Å². The molecule has 1 aromatic carbocycles. The molecule has 0 saturated heterocycles. The molecule has 1 atom stereocenters. The minimum absolute atomic E-state index is 0.112. The molecule has 0 amide bonds. The second-order valence-corrected chi connectivity index (χ2v) is 4.62. The average Bonchev–Trinajstić information content (AvgIpc) is 2.60. The molecule has 1 heterocycles. The molecule has 0 saturated carbocycles. The molecule has 68 valence electrons. The summed E-state index contributed by atoms with van der Waals surface area (Å²) in [5.41, 5.74) is 1.21. The molecule has 2 rings (SSSR count). The van der Waals surface area contributed by atoms with Gasteiger partial charge in [-0.05, 0) is 11.6 Å². The summed E-state index contributed by atoms with van der Waals surface area (Å²) in [6.07, 6.45) is 0. The van der Waals surface area contributed by atoms with Gasteiger partial charge < -0.3 is 0 Å². The van der Waals surface area contributed by atoms with Crippen molar-refractivity contribution in [1.29, 1.82) is 0 Å². The van der Waals surface area contributed by atoms with Crippen molar-refractivity contribution in [2.24, 2.45) is 0 Å². The van der Waals surface area contributed by atoms with Crippen LogP contribution in [-0.2, 0) is 4.79 Å². The van der Waals surface area contributed by atoms with E-state index < -0.39 is 0 Å². The van der Waals surface area contributed by atoms with Gasteiger partial charge in [0.1, 0.15) is 0 Å². The summed E-state index contributed by atoms with van der Waals surface area (Å²) in [5.74, 6) is 1.31. The van der Waals surface area contributed by atoms with Crippen molar-refractivity contribution in [3.8, 4) is 0 Å². The summed E-state index contributed by atoms with van der Waals surface area (Å²) in [7, 11) is 0. The molecule has 0 aliphatic carbocycles. The Hall–Kier alpha value is -0.280. The van der Waals surface area contributed by atoms with E-state index in [1.807, 2.05) is 12.1 Å². The van der Waals surface area contributed by atoms with Gasteiger partial charge in [0.2, 0.25) is 0 Å². The Morgan fingerprint density at radius 1 is 1.54 bits per heavy atom. The van der Waals surface area contributed by atoms with Crippen LogP contribution in [0.25, 0.3) is 0 Å². The van der Waals surface area contributed by atoms with Gasteiger partial charge in [0, 0.05) is 10.6 Å². The molecule has 0 aromatic heterocycles. The molecular formula is C10H9BrOS. The molecule has 1 aliphatic heterocycles. The number of fused-ring (bicyclic) bond motifs is 1. The molecule has 0 N–H and O–H groups in total. The first-order valence-corrected chi connectivity index (χ1v) is 6.24. The minimum atomic E-state index is 0.112. The summed E-state index contributed by atoms with van der Waals surface area (Å²) in [5, 5.41) is 0.465. The standard InChI is InChI=1S/C10H9BrOS/c11-5-9(12)8-6-13-10-4-2-1-3-7(8)10/h1-4,8H,5-6H2. The molecule has 0 fully saturated rings. The number of hydrogen-bond acceptors (Lipinski definition) is 2. The van der Waals surface area contributed by atoms with Gasteiger partial charge in [-0.3, -0.25) is 4.79 Å². The second-order valence-electron chi connectivity index (χ2n) is 3.00. The molecule has 0 radical (unpaired) electrons. The van der Waals surface area contributed by atoms with Crippen molar-refractivity contribution in [2.45, 2.75) is 10.8 Å². The number of thioether (sulfide) groups is 1. The fraction of sp³-hybridized carbons (Fsp3) is 0.300. The first-order valence-electron chi connectivity index (χ1n) is 4.13. The largest absolute Gasteiger partial charge is 0.298 e. The number of alkyl halides is 1. The van der Waals surface area contributed by atoms with Crippen molar-refractivity contribution in [3.05, 3.63) is 29.8 Å². The van der Waals surface area contributed by atoms with E-state index in [0.717, 1.165) is 5.75 Å². The molecule has 13 heavy (non-hydrogen) atoms. The van der Waals surface area contributed by atoms with Crippen molar-refractivity contribution in [2.75, 3.05) is 11.1 Å². The molecular weight excluding hydrogens is 248 g/mol. The van der Waals surface area contributed by atoms with E-state index in [-0.39, 0.29) is 11.7 Å². The molecule has 0 bridgehead atoms. The fourth-order valence-electron chi connectivity index (χ4n) is 1.52. The van der Waals surface area contributed by atoms with Crippen LogP contribution in [0.3, 0.4) is 0 Å². The Kier molecular flexibility index (Phi) is 2.74. The maximum absolute atomic E-state index is 11.5. The maximum Gasteiger partial charge on any atom is 0.151 e. The molecule has 1 unspecified atom stereocenters. The summed E-state index contributed by atoms with van der Waals surface area (Å²) < 4.78 is 0. The Morgan fingerprint density at radius 2 is 2.31 bits per heavy atom. The van der Waals surface area contributed by atoms with E-state index >= 15 is 0 Å². The van der Waals surface area contributed by atoms with Gasteiger partial charge in [0.05, 0.1) is 11.2 Å². The summed E-state index contributed by atoms with van der Waals surface area (Å²) >= 11 is 5.00. The van der Waals surface area contributed by atoms with E-state index in [2.05, 4.69) is 28.1 Å². The maximum atomic E-state index is 11.5. The van der Waals surface area contributed by atoms with Crippen molar-refractivity contribution < 1.29 is 4.79 Å². The van der Waals surface area contributed by atoms with Crippen LogP contribution in [0.1, 0.15) is 11.5 Å². The minimum Gasteiger partial charge on any atom is -0.298 e. The Bertz CT molecular complexity index is 337. The van der Waals surface area contributed by atoms with Gasteiger partial charge in [0.25, 0.3) is 0 Å². The summed E-state index contributed by atoms with van der Waals surface area (Å²) in [4.78, 5) is 12.8. The Morgan fingerprint density at radius 3 is 3.08 bits per heavy atom. The van der Waals surface area contributed by atoms with Gasteiger partial charge in [0.15, 0.2) is 5.78 Å². The highest BCUT2D eigenvalue weighted by atomic mass is 79.9. The number of halogens is 1. The predicted octanol–water partition coefficient (Wildman–Crippen LogP) is 2.84. The highest BCUT2D eigenvalue weighted by Crippen LogP contribution is 2.39. The number of rotatable bonds is 2. The zero-order valence-electron chi connectivity index (χ0n) is 7.00. The SMILES string of the molecule is O=C(CBr)C1CSc2ccccc21. The topological polar surface area (TPSA) is 17.1 Å². The smallest absolute Gasteiger partial charge is 0.151 e. The van der Waals surface area contributed by atoms with E-state index in [1.54, 1.807) is 11.8 Å². The highest BCUT2D eigenvalue weighted by molar-refractivity contribution is 9.09. The lowest BCUT2D eigenvalue weighted by Gasteiger charge is -2.06. The third-order valence-electron chi connectivity index (χ3n) is 2.22. The summed E-state index contributed by atoms with van der Waals surface area (Å²) in [6, 6.07) is 8.16. The number of benzene rings is 1. The van der Waals surface area contributed by atoms with Gasteiger partial charge in [-0.1, -0.05) is 34.1 Å². The molecule has 1 aromatic rings. The zero-order chi connectivity index (χ0) is 9.26. The lowest BCUT2D eigenvalue weighted by atomic mass is 9.98. The third kappa shape index (κ3) is 1.67. The van der Waals surface area contributed by atoms with Gasteiger partial charge in [-0.2, -0.15) is 0 Å². The number of hydrogen-bond donors (Lipinski definition) is 0. The van der Waals surface area contributed by atoms with E-state index in [0.29, 0.717) is 5.33 Å². The van der Waals surface area contributed by atoms with Crippen LogP contribution in [0.2, 0.25) is 0 Å². The molecule has 3 heteroatoms. The molecule has 0 spiro atoms. The van der Waals surface area contributed by atoms with E-state index in [1.165, 1.54) is 10.5 Å². The van der Waals surface area contributed by atoms with E-state index in [9.17, 15) is 4.79 Å². The quantitative estimate of drug-likeness (QED) is 0.758. The monoisotopic (exact) mass is 256 g/mol. The van der Waals surface area contributed by atoms with Crippen molar-refractivity contribution in [3.63, 3.8) is 0 Å². The van der Waals surface area contributed by atoms with Crippen molar-refractivity contribution in [1.82, 2.24) is 0 Å². The van der Waals surface area contributed by atoms with Crippen LogP contribution in [0.5, 0.6) is 0 Å². The third-order valence-corrected chi connectivity index (χ3v) is 3.96. The molecule has 1 nitrogen and oxygen atoms in total. The fourth-order valence-corrected chi connectivity index (χ4v) is 3.18. The first kappa shape index (κ1) is 9.28. The van der Waals surface area contributed by atoms with Gasteiger partial charge in [-0.15, -0.1) is 11.8 Å². The second kappa shape index (κ2) is 3.84. The number of Topliss-reactive ketones (excluding diaryl/α,β-unsaturated/α-hetero) is 1. The number of ketones is 1. The Balaban J connectivity index is 2.33. The van der Waals surface area contributed by atoms with Crippen LogP contribution in [0, 0.1) is 0 Å². The summed E-state index contributed by atoms with van der Waals surface area (Å²) in [6.45, 7) is 0. The van der Waals surface area contributed by atoms with Crippen molar-refractivity contribution >= 4 is 33.5 Å². The van der Waals surface area contributed by atoms with Gasteiger partial charge in [-0.25, -0.2) is 0 Å². The first-order chi connectivity index (χ1) is 6.33. The number of carbonyl (C=O) groups is 1. The molecule has 1 aliphatic rings. The normalized spacial score (nSPS) is 19.9. The van der Waals surface area contributed by atoms with E-state index in [4.69, 9.17) is 0 Å². The van der Waals surface area contributed by atoms with Crippen LogP contribution in [0.4, 0.5) is 0 Å². The lowest BCUT2D eigenvalue weighted by molar-refractivity contribution is -0.117. The Labute approximate surface area is 90.0 Å². The van der Waals surface area contributed by atoms with Crippen LogP contribution < -0.4 is 0 Å².